The Kier molecular flexibility index (Phi) is 3.53. The Balaban J connectivity index is 1.98. The number of aryl methyl sites for hydroxylation is 1. The third-order valence-corrected chi connectivity index (χ3v) is 2.61. The molecule has 1 heterocycles. The average Bonchev–Trinajstić information content (AvgIpc) is 2.63. The molecule has 0 atom stereocenters. The molecule has 1 amide bonds. The first-order valence-corrected chi connectivity index (χ1v) is 5.83. The molecule has 88 valence electrons. The molecule has 5 nitrogen and oxygen atoms in total. The molecule has 0 radical (unpaired) electrons. The fourth-order valence-corrected chi connectivity index (χ4v) is 1.87. The molecule has 2 aromatic rings. The van der Waals surface area contributed by atoms with Crippen LogP contribution in [0.3, 0.4) is 0 Å². The van der Waals surface area contributed by atoms with Gasteiger partial charge in [0.1, 0.15) is 0 Å². The molecule has 0 saturated carbocycles. The van der Waals surface area contributed by atoms with Crippen LogP contribution >= 0.6 is 15.9 Å². The third kappa shape index (κ3) is 3.39. The molecule has 2 rings (SSSR count). The quantitative estimate of drug-likeness (QED) is 0.938. The van der Waals surface area contributed by atoms with Gasteiger partial charge < -0.3 is 5.32 Å². The van der Waals surface area contributed by atoms with Crippen molar-refractivity contribution in [3.8, 4) is 0 Å². The van der Waals surface area contributed by atoms with Crippen molar-refractivity contribution >= 4 is 27.7 Å². The highest BCUT2D eigenvalue weighted by Crippen LogP contribution is 2.12. The molecule has 0 aliphatic rings. The van der Waals surface area contributed by atoms with Gasteiger partial charge in [0.05, 0.1) is 12.6 Å². The summed E-state index contributed by atoms with van der Waals surface area (Å²) in [6.45, 7) is 0. The van der Waals surface area contributed by atoms with Crippen molar-refractivity contribution in [1.29, 1.82) is 0 Å². The molecule has 0 spiro atoms. The zero-order valence-corrected chi connectivity index (χ0v) is 10.8. The molecule has 0 aliphatic carbocycles. The lowest BCUT2D eigenvalue weighted by Gasteiger charge is -2.02. The number of hydrogen-bond acceptors (Lipinski definition) is 3. The molecule has 0 bridgehead atoms. The van der Waals surface area contributed by atoms with Gasteiger partial charge in [0.25, 0.3) is 0 Å². The van der Waals surface area contributed by atoms with Gasteiger partial charge in [-0.05, 0) is 17.7 Å². The minimum atomic E-state index is -0.108. The summed E-state index contributed by atoms with van der Waals surface area (Å²) in [6.07, 6.45) is 1.83. The summed E-state index contributed by atoms with van der Waals surface area (Å²) >= 11 is 3.36. The average molecular weight is 295 g/mol. The molecule has 0 saturated heterocycles. The molecular formula is C11H11BrN4O. The Morgan fingerprint density at radius 3 is 3.00 bits per heavy atom. The normalized spacial score (nSPS) is 10.2. The van der Waals surface area contributed by atoms with E-state index in [1.807, 2.05) is 24.3 Å². The van der Waals surface area contributed by atoms with E-state index >= 15 is 0 Å². The predicted octanol–water partition coefficient (Wildman–Crippen LogP) is 1.76. The van der Waals surface area contributed by atoms with Gasteiger partial charge in [-0.15, -0.1) is 5.10 Å². The number of carbonyl (C=O) groups excluding carboxylic acids is 1. The zero-order chi connectivity index (χ0) is 12.3. The fourth-order valence-electron chi connectivity index (χ4n) is 1.42. The molecule has 0 unspecified atom stereocenters. The monoisotopic (exact) mass is 294 g/mol. The van der Waals surface area contributed by atoms with E-state index < -0.39 is 0 Å². The lowest BCUT2D eigenvalue weighted by Crippen LogP contribution is -2.14. The van der Waals surface area contributed by atoms with E-state index in [1.54, 1.807) is 7.05 Å². The Bertz CT molecular complexity index is 538. The minimum absolute atomic E-state index is 0.108. The number of amides is 1. The van der Waals surface area contributed by atoms with Crippen molar-refractivity contribution < 1.29 is 4.79 Å². The van der Waals surface area contributed by atoms with Crippen LogP contribution in [0.4, 0.5) is 5.82 Å². The Labute approximate surface area is 107 Å². The zero-order valence-electron chi connectivity index (χ0n) is 9.22. The Hall–Kier alpha value is -1.69. The van der Waals surface area contributed by atoms with Gasteiger partial charge in [-0.3, -0.25) is 4.79 Å². The number of anilines is 1. The maximum Gasteiger partial charge on any atom is 0.230 e. The van der Waals surface area contributed by atoms with Gasteiger partial charge in [-0.1, -0.05) is 28.1 Å². The van der Waals surface area contributed by atoms with Crippen LogP contribution in [0.15, 0.2) is 34.9 Å². The summed E-state index contributed by atoms with van der Waals surface area (Å²) in [6, 6.07) is 7.64. The largest absolute Gasteiger partial charge is 0.308 e. The minimum Gasteiger partial charge on any atom is -0.308 e. The number of carbonyl (C=O) groups is 1. The Morgan fingerprint density at radius 2 is 2.35 bits per heavy atom. The molecule has 0 aliphatic heterocycles. The number of benzene rings is 1. The van der Waals surface area contributed by atoms with Crippen molar-refractivity contribution in [2.24, 2.45) is 7.05 Å². The van der Waals surface area contributed by atoms with Gasteiger partial charge >= 0.3 is 0 Å². The first-order chi connectivity index (χ1) is 8.13. The van der Waals surface area contributed by atoms with E-state index in [-0.39, 0.29) is 5.91 Å². The van der Waals surface area contributed by atoms with Crippen molar-refractivity contribution in [3.05, 3.63) is 40.5 Å². The third-order valence-electron chi connectivity index (χ3n) is 2.12. The van der Waals surface area contributed by atoms with E-state index in [4.69, 9.17) is 0 Å². The number of halogens is 1. The summed E-state index contributed by atoms with van der Waals surface area (Å²) in [4.78, 5) is 13.1. The highest BCUT2D eigenvalue weighted by Gasteiger charge is 2.06. The summed E-state index contributed by atoms with van der Waals surface area (Å²) in [7, 11) is 1.70. The second-order valence-electron chi connectivity index (χ2n) is 3.57. The van der Waals surface area contributed by atoms with Crippen molar-refractivity contribution in [2.75, 3.05) is 5.32 Å². The lowest BCUT2D eigenvalue weighted by molar-refractivity contribution is -0.115. The van der Waals surface area contributed by atoms with E-state index in [0.29, 0.717) is 12.2 Å². The summed E-state index contributed by atoms with van der Waals surface area (Å²) in [5.74, 6) is 0.357. The van der Waals surface area contributed by atoms with E-state index in [9.17, 15) is 4.79 Å². The Morgan fingerprint density at radius 1 is 1.53 bits per heavy atom. The van der Waals surface area contributed by atoms with Gasteiger partial charge in [0.15, 0.2) is 5.82 Å². The highest BCUT2D eigenvalue weighted by molar-refractivity contribution is 9.10. The van der Waals surface area contributed by atoms with Crippen molar-refractivity contribution in [3.63, 3.8) is 0 Å². The standard InChI is InChI=1S/C11H11BrN4O/c1-16-13-7-10(15-16)14-11(17)6-8-3-2-4-9(12)5-8/h2-5,7H,6H2,1H3,(H,14,15,17). The van der Waals surface area contributed by atoms with Gasteiger partial charge in [0, 0.05) is 11.5 Å². The molecule has 6 heteroatoms. The summed E-state index contributed by atoms with van der Waals surface area (Å²) in [5, 5.41) is 10.5. The van der Waals surface area contributed by atoms with Crippen LogP contribution in [0.1, 0.15) is 5.56 Å². The van der Waals surface area contributed by atoms with Crippen molar-refractivity contribution in [1.82, 2.24) is 15.0 Å². The van der Waals surface area contributed by atoms with Gasteiger partial charge in [0.2, 0.25) is 5.91 Å². The van der Waals surface area contributed by atoms with Crippen LogP contribution < -0.4 is 5.32 Å². The second kappa shape index (κ2) is 5.09. The van der Waals surface area contributed by atoms with E-state index in [0.717, 1.165) is 10.0 Å². The molecule has 1 aromatic carbocycles. The fraction of sp³-hybridized carbons (Fsp3) is 0.182. The van der Waals surface area contributed by atoms with Crippen LogP contribution in [0, 0.1) is 0 Å². The number of aromatic nitrogens is 3. The smallest absolute Gasteiger partial charge is 0.230 e. The van der Waals surface area contributed by atoms with Gasteiger partial charge in [-0.25, -0.2) is 0 Å². The number of hydrogen-bond donors (Lipinski definition) is 1. The van der Waals surface area contributed by atoms with Crippen LogP contribution in [-0.4, -0.2) is 20.9 Å². The number of nitrogens with one attached hydrogen (secondary N) is 1. The molecule has 1 aromatic heterocycles. The molecule has 0 fully saturated rings. The SMILES string of the molecule is Cn1ncc(NC(=O)Cc2cccc(Br)c2)n1. The van der Waals surface area contributed by atoms with Crippen LogP contribution in [0.5, 0.6) is 0 Å². The summed E-state index contributed by atoms with van der Waals surface area (Å²) in [5.41, 5.74) is 0.945. The van der Waals surface area contributed by atoms with E-state index in [2.05, 4.69) is 31.4 Å². The van der Waals surface area contributed by atoms with E-state index in [1.165, 1.54) is 11.0 Å². The molecule has 1 N–H and O–H groups in total. The van der Waals surface area contributed by atoms with Crippen LogP contribution in [-0.2, 0) is 18.3 Å². The predicted molar refractivity (Wildman–Crippen MR) is 67.5 cm³/mol. The summed E-state index contributed by atoms with van der Waals surface area (Å²) < 4.78 is 0.960. The first kappa shape index (κ1) is 11.8. The van der Waals surface area contributed by atoms with Crippen LogP contribution in [0.25, 0.3) is 0 Å². The molecular weight excluding hydrogens is 284 g/mol. The van der Waals surface area contributed by atoms with Gasteiger partial charge in [-0.2, -0.15) is 9.90 Å². The second-order valence-corrected chi connectivity index (χ2v) is 4.49. The van der Waals surface area contributed by atoms with Crippen molar-refractivity contribution in [2.45, 2.75) is 6.42 Å². The highest BCUT2D eigenvalue weighted by atomic mass is 79.9. The molecule has 17 heavy (non-hydrogen) atoms. The van der Waals surface area contributed by atoms with Crippen LogP contribution in [0.2, 0.25) is 0 Å². The first-order valence-electron chi connectivity index (χ1n) is 5.04. The lowest BCUT2D eigenvalue weighted by atomic mass is 10.1. The number of rotatable bonds is 3. The number of nitrogens with zero attached hydrogens (tertiary/aromatic N) is 3. The maximum absolute atomic E-state index is 11.7. The maximum atomic E-state index is 11.7. The topological polar surface area (TPSA) is 59.8 Å².